The molecule has 0 N–H and O–H groups in total. The van der Waals surface area contributed by atoms with Crippen molar-refractivity contribution in [2.75, 3.05) is 0 Å². The Kier molecular flexibility index (Phi) is 8.47. The summed E-state index contributed by atoms with van der Waals surface area (Å²) in [4.78, 5) is 4.70. The predicted molar refractivity (Wildman–Crippen MR) is 131 cm³/mol. The van der Waals surface area contributed by atoms with Crippen molar-refractivity contribution in [3.8, 4) is 17.3 Å². The molecule has 1 saturated carbocycles. The van der Waals surface area contributed by atoms with Gasteiger partial charge in [0.1, 0.15) is 0 Å². The lowest BCUT2D eigenvalue weighted by Crippen LogP contribution is -2.27. The molecule has 0 amide bonds. The molecule has 0 bridgehead atoms. The first kappa shape index (κ1) is 23.3. The lowest BCUT2D eigenvalue weighted by Gasteiger charge is -2.36. The van der Waals surface area contributed by atoms with Crippen LogP contribution < -0.4 is 0 Å². The van der Waals surface area contributed by atoms with Gasteiger partial charge in [0.25, 0.3) is 0 Å². The van der Waals surface area contributed by atoms with Crippen LogP contribution in [0.5, 0.6) is 0 Å². The van der Waals surface area contributed by atoms with Crippen molar-refractivity contribution in [3.63, 3.8) is 0 Å². The molecule has 1 fully saturated rings. The van der Waals surface area contributed by atoms with E-state index in [4.69, 9.17) is 4.98 Å². The van der Waals surface area contributed by atoms with Crippen molar-refractivity contribution >= 4 is 0 Å². The number of nitriles is 1. The van der Waals surface area contributed by atoms with Gasteiger partial charge in [0.15, 0.2) is 0 Å². The number of hydrogen-bond donors (Lipinski definition) is 0. The zero-order valence-corrected chi connectivity index (χ0v) is 19.4. The predicted octanol–water partition coefficient (Wildman–Crippen LogP) is 8.25. The second-order valence-electron chi connectivity index (χ2n) is 9.59. The standard InChI is InChI=1S/C29H38N2/c1-4-6-7-8-9-24-10-15-28(31-21-24)27-13-11-25(12-14-27)26-16-18-29(22-30,19-17-26)20-23(3)5-2/h4,10-15,21,23,26H,1,5-9,16-20H2,2-3H3/t23?,26-,29+. The van der Waals surface area contributed by atoms with Crippen LogP contribution in [0.25, 0.3) is 11.3 Å². The fourth-order valence-corrected chi connectivity index (χ4v) is 4.96. The lowest BCUT2D eigenvalue weighted by molar-refractivity contribution is 0.198. The van der Waals surface area contributed by atoms with Gasteiger partial charge < -0.3 is 0 Å². The van der Waals surface area contributed by atoms with Crippen LogP contribution in [0.3, 0.4) is 0 Å². The molecule has 0 aliphatic heterocycles. The van der Waals surface area contributed by atoms with E-state index in [2.05, 4.69) is 62.9 Å². The first-order valence-corrected chi connectivity index (χ1v) is 12.2. The van der Waals surface area contributed by atoms with Crippen LogP contribution in [0, 0.1) is 22.7 Å². The van der Waals surface area contributed by atoms with Crippen molar-refractivity contribution in [1.29, 1.82) is 5.26 Å². The second-order valence-corrected chi connectivity index (χ2v) is 9.59. The number of allylic oxidation sites excluding steroid dienone is 1. The molecule has 2 aromatic rings. The highest BCUT2D eigenvalue weighted by Crippen LogP contribution is 2.46. The van der Waals surface area contributed by atoms with Gasteiger partial charge in [0, 0.05) is 11.8 Å². The Hall–Kier alpha value is -2.40. The summed E-state index contributed by atoms with van der Waals surface area (Å²) in [5, 5.41) is 9.84. The summed E-state index contributed by atoms with van der Waals surface area (Å²) in [7, 11) is 0. The molecule has 31 heavy (non-hydrogen) atoms. The van der Waals surface area contributed by atoms with E-state index in [0.717, 1.165) is 50.6 Å². The summed E-state index contributed by atoms with van der Waals surface area (Å²) >= 11 is 0. The van der Waals surface area contributed by atoms with Crippen LogP contribution in [0.1, 0.15) is 88.7 Å². The Labute approximate surface area is 189 Å². The fraction of sp³-hybridized carbons (Fsp3) is 0.517. The highest BCUT2D eigenvalue weighted by Gasteiger charge is 2.36. The van der Waals surface area contributed by atoms with Crippen LogP contribution in [-0.4, -0.2) is 4.98 Å². The van der Waals surface area contributed by atoms with Crippen molar-refractivity contribution in [3.05, 3.63) is 66.4 Å². The molecular formula is C29H38N2. The van der Waals surface area contributed by atoms with Crippen molar-refractivity contribution in [2.45, 2.75) is 84.0 Å². The van der Waals surface area contributed by atoms with Gasteiger partial charge in [-0.2, -0.15) is 5.26 Å². The molecule has 3 rings (SSSR count). The maximum absolute atomic E-state index is 9.84. The van der Waals surface area contributed by atoms with E-state index < -0.39 is 0 Å². The summed E-state index contributed by atoms with van der Waals surface area (Å²) in [6.07, 6.45) is 15.1. The molecule has 1 aromatic heterocycles. The normalized spacial score (nSPS) is 21.9. The largest absolute Gasteiger partial charge is 0.256 e. The summed E-state index contributed by atoms with van der Waals surface area (Å²) in [6, 6.07) is 16.0. The molecule has 1 atom stereocenters. The zero-order valence-electron chi connectivity index (χ0n) is 19.4. The van der Waals surface area contributed by atoms with Crippen LogP contribution in [0.4, 0.5) is 0 Å². The molecule has 1 unspecified atom stereocenters. The van der Waals surface area contributed by atoms with Gasteiger partial charge in [-0.1, -0.05) is 56.7 Å². The second kappa shape index (κ2) is 11.3. The summed E-state index contributed by atoms with van der Waals surface area (Å²) in [5.41, 5.74) is 4.86. The minimum atomic E-state index is -0.0940. The quantitative estimate of drug-likeness (QED) is 0.290. The van der Waals surface area contributed by atoms with E-state index >= 15 is 0 Å². The summed E-state index contributed by atoms with van der Waals surface area (Å²) < 4.78 is 0. The zero-order chi connectivity index (χ0) is 22.1. The third-order valence-electron chi connectivity index (χ3n) is 7.24. The molecule has 2 nitrogen and oxygen atoms in total. The number of benzene rings is 1. The molecule has 1 aromatic carbocycles. The van der Waals surface area contributed by atoms with Gasteiger partial charge >= 0.3 is 0 Å². The molecular weight excluding hydrogens is 376 g/mol. The topological polar surface area (TPSA) is 36.7 Å². The van der Waals surface area contributed by atoms with Crippen LogP contribution in [0.2, 0.25) is 0 Å². The maximum Gasteiger partial charge on any atom is 0.0702 e. The minimum absolute atomic E-state index is 0.0940. The van der Waals surface area contributed by atoms with Gasteiger partial charge in [0.05, 0.1) is 17.2 Å². The number of hydrogen-bond acceptors (Lipinski definition) is 2. The van der Waals surface area contributed by atoms with E-state index in [1.54, 1.807) is 0 Å². The van der Waals surface area contributed by atoms with E-state index in [9.17, 15) is 5.26 Å². The Morgan fingerprint density at radius 1 is 1.16 bits per heavy atom. The minimum Gasteiger partial charge on any atom is -0.256 e. The van der Waals surface area contributed by atoms with E-state index in [1.807, 2.05) is 12.3 Å². The monoisotopic (exact) mass is 414 g/mol. The SMILES string of the molecule is C=CCCCCc1ccc(-c2ccc([C@H]3CC[C@](C#N)(CC(C)CC)CC3)cc2)nc1. The lowest BCUT2D eigenvalue weighted by atomic mass is 9.66. The number of pyridine rings is 1. The third-order valence-corrected chi connectivity index (χ3v) is 7.24. The molecule has 1 heterocycles. The van der Waals surface area contributed by atoms with Gasteiger partial charge in [-0.25, -0.2) is 0 Å². The number of aryl methyl sites for hydroxylation is 1. The summed E-state index contributed by atoms with van der Waals surface area (Å²) in [6.45, 7) is 8.30. The van der Waals surface area contributed by atoms with Gasteiger partial charge in [0.2, 0.25) is 0 Å². The van der Waals surface area contributed by atoms with E-state index in [1.165, 1.54) is 36.0 Å². The average Bonchev–Trinajstić information content (AvgIpc) is 2.83. The van der Waals surface area contributed by atoms with Gasteiger partial charge in [-0.15, -0.1) is 6.58 Å². The molecule has 2 heteroatoms. The molecule has 1 aliphatic rings. The number of unbranched alkanes of at least 4 members (excludes halogenated alkanes) is 2. The van der Waals surface area contributed by atoms with Crippen molar-refractivity contribution in [1.82, 2.24) is 4.98 Å². The first-order valence-electron chi connectivity index (χ1n) is 12.2. The Morgan fingerprint density at radius 3 is 2.48 bits per heavy atom. The maximum atomic E-state index is 9.84. The van der Waals surface area contributed by atoms with Crippen LogP contribution in [0.15, 0.2) is 55.3 Å². The molecule has 164 valence electrons. The first-order chi connectivity index (χ1) is 15.1. The Bertz CT molecular complexity index is 849. The molecule has 1 aliphatic carbocycles. The molecule has 0 radical (unpaired) electrons. The van der Waals surface area contributed by atoms with E-state index in [-0.39, 0.29) is 5.41 Å². The molecule has 0 saturated heterocycles. The van der Waals surface area contributed by atoms with Crippen LogP contribution >= 0.6 is 0 Å². The number of aromatic nitrogens is 1. The number of rotatable bonds is 10. The smallest absolute Gasteiger partial charge is 0.0702 e. The van der Waals surface area contributed by atoms with Gasteiger partial charge in [-0.05, 0) is 86.8 Å². The summed E-state index contributed by atoms with van der Waals surface area (Å²) in [5.74, 6) is 1.22. The highest BCUT2D eigenvalue weighted by molar-refractivity contribution is 5.59. The molecule has 0 spiro atoms. The van der Waals surface area contributed by atoms with Crippen molar-refractivity contribution in [2.24, 2.45) is 11.3 Å². The Balaban J connectivity index is 1.57. The van der Waals surface area contributed by atoms with Crippen molar-refractivity contribution < 1.29 is 0 Å². The Morgan fingerprint density at radius 2 is 1.90 bits per heavy atom. The number of nitrogens with zero attached hydrogens (tertiary/aromatic N) is 2. The van der Waals surface area contributed by atoms with E-state index in [0.29, 0.717) is 11.8 Å². The van der Waals surface area contributed by atoms with Crippen LogP contribution in [-0.2, 0) is 6.42 Å². The van der Waals surface area contributed by atoms with Gasteiger partial charge in [-0.3, -0.25) is 4.98 Å². The highest BCUT2D eigenvalue weighted by atomic mass is 14.7. The average molecular weight is 415 g/mol. The fourth-order valence-electron chi connectivity index (χ4n) is 4.96. The third kappa shape index (κ3) is 6.30.